The van der Waals surface area contributed by atoms with Gasteiger partial charge >= 0.3 is 0 Å². The van der Waals surface area contributed by atoms with Gasteiger partial charge in [-0.3, -0.25) is 4.79 Å². The number of rotatable bonds is 3. The summed E-state index contributed by atoms with van der Waals surface area (Å²) >= 11 is 0. The van der Waals surface area contributed by atoms with Crippen LogP contribution < -0.4 is 5.73 Å². The number of carbonyl (C=O) groups excluding carboxylic acids is 1. The highest BCUT2D eigenvalue weighted by atomic mass is 16.3. The third-order valence-electron chi connectivity index (χ3n) is 2.17. The second-order valence-electron chi connectivity index (χ2n) is 3.30. The van der Waals surface area contributed by atoms with Crippen molar-refractivity contribution in [2.75, 3.05) is 5.73 Å². The van der Waals surface area contributed by atoms with E-state index < -0.39 is 0 Å². The van der Waals surface area contributed by atoms with E-state index in [1.54, 1.807) is 24.3 Å². The molecule has 2 rings (SSSR count). The van der Waals surface area contributed by atoms with Crippen LogP contribution in [0.5, 0.6) is 0 Å². The van der Waals surface area contributed by atoms with Crippen molar-refractivity contribution in [3.8, 4) is 0 Å². The first kappa shape index (κ1) is 10.2. The van der Waals surface area contributed by atoms with Crippen LogP contribution in [0, 0.1) is 0 Å². The molecule has 1 aromatic carbocycles. The molecule has 16 heavy (non-hydrogen) atoms. The van der Waals surface area contributed by atoms with Gasteiger partial charge in [-0.25, -0.2) is 0 Å². The lowest BCUT2D eigenvalue weighted by Crippen LogP contribution is -1.92. The summed E-state index contributed by atoms with van der Waals surface area (Å²) in [7, 11) is 0. The molecule has 0 aliphatic carbocycles. The predicted octanol–water partition coefficient (Wildman–Crippen LogP) is 2.76. The molecule has 0 radical (unpaired) electrons. The van der Waals surface area contributed by atoms with Crippen molar-refractivity contribution in [3.05, 3.63) is 60.1 Å². The molecule has 0 bridgehead atoms. The molecule has 1 heterocycles. The van der Waals surface area contributed by atoms with Crippen LogP contribution >= 0.6 is 0 Å². The number of ketones is 1. The Bertz CT molecular complexity index is 512. The number of benzene rings is 1. The lowest BCUT2D eigenvalue weighted by molar-refractivity contribution is 0.102. The van der Waals surface area contributed by atoms with E-state index in [-0.39, 0.29) is 5.78 Å². The lowest BCUT2D eigenvalue weighted by atomic mass is 10.1. The van der Waals surface area contributed by atoms with Gasteiger partial charge in [0, 0.05) is 5.69 Å². The van der Waals surface area contributed by atoms with E-state index >= 15 is 0 Å². The highest BCUT2D eigenvalue weighted by Gasteiger charge is 2.03. The van der Waals surface area contributed by atoms with Gasteiger partial charge in [-0.15, -0.1) is 0 Å². The Morgan fingerprint density at radius 3 is 2.69 bits per heavy atom. The van der Waals surface area contributed by atoms with Crippen molar-refractivity contribution >= 4 is 17.5 Å². The van der Waals surface area contributed by atoms with Gasteiger partial charge in [0.15, 0.2) is 5.76 Å². The number of hydrogen-bond acceptors (Lipinski definition) is 3. The summed E-state index contributed by atoms with van der Waals surface area (Å²) in [5, 5.41) is 0. The summed E-state index contributed by atoms with van der Waals surface area (Å²) in [6, 6.07) is 10.7. The fourth-order valence-corrected chi connectivity index (χ4v) is 1.33. The van der Waals surface area contributed by atoms with Gasteiger partial charge in [-0.05, 0) is 35.9 Å². The Hall–Kier alpha value is -2.29. The highest BCUT2D eigenvalue weighted by Crippen LogP contribution is 2.13. The van der Waals surface area contributed by atoms with Crippen LogP contribution in [0.4, 0.5) is 5.69 Å². The maximum atomic E-state index is 11.6. The van der Waals surface area contributed by atoms with E-state index in [4.69, 9.17) is 10.2 Å². The first-order chi connectivity index (χ1) is 7.77. The van der Waals surface area contributed by atoms with Crippen molar-refractivity contribution in [3.63, 3.8) is 0 Å². The number of nitrogens with two attached hydrogens (primary N) is 1. The molecule has 0 fully saturated rings. The largest absolute Gasteiger partial charge is 0.461 e. The summed E-state index contributed by atoms with van der Waals surface area (Å²) in [6.45, 7) is 0. The zero-order chi connectivity index (χ0) is 11.4. The van der Waals surface area contributed by atoms with Crippen LogP contribution in [-0.4, -0.2) is 5.78 Å². The van der Waals surface area contributed by atoms with E-state index in [0.29, 0.717) is 11.4 Å². The molecule has 0 amide bonds. The minimum atomic E-state index is -0.173. The number of para-hydroxylation sites is 1. The highest BCUT2D eigenvalue weighted by molar-refractivity contribution is 6.05. The van der Waals surface area contributed by atoms with E-state index in [1.807, 2.05) is 18.2 Å². The Morgan fingerprint density at radius 1 is 1.19 bits per heavy atom. The average molecular weight is 213 g/mol. The smallest absolute Gasteiger partial charge is 0.221 e. The Morgan fingerprint density at radius 2 is 2.00 bits per heavy atom. The van der Waals surface area contributed by atoms with Crippen molar-refractivity contribution in [2.24, 2.45) is 0 Å². The second-order valence-corrected chi connectivity index (χ2v) is 3.30. The molecular weight excluding hydrogens is 202 g/mol. The summed E-state index contributed by atoms with van der Waals surface area (Å²) < 4.78 is 4.98. The van der Waals surface area contributed by atoms with Crippen molar-refractivity contribution in [1.82, 2.24) is 0 Å². The first-order valence-electron chi connectivity index (χ1n) is 4.88. The number of furan rings is 1. The Labute approximate surface area is 93.2 Å². The van der Waals surface area contributed by atoms with Gasteiger partial charge in [0.25, 0.3) is 0 Å². The van der Waals surface area contributed by atoms with Crippen molar-refractivity contribution < 1.29 is 9.21 Å². The average Bonchev–Trinajstić information content (AvgIpc) is 2.81. The van der Waals surface area contributed by atoms with Gasteiger partial charge < -0.3 is 10.2 Å². The topological polar surface area (TPSA) is 56.2 Å². The van der Waals surface area contributed by atoms with E-state index in [1.165, 1.54) is 12.3 Å². The third kappa shape index (κ3) is 2.20. The maximum Gasteiger partial charge on any atom is 0.221 e. The summed E-state index contributed by atoms with van der Waals surface area (Å²) in [6.07, 6.45) is 4.60. The van der Waals surface area contributed by atoms with Gasteiger partial charge in [-0.2, -0.15) is 0 Å². The summed E-state index contributed by atoms with van der Waals surface area (Å²) in [5.74, 6) is 0.152. The van der Waals surface area contributed by atoms with Crippen LogP contribution in [0.3, 0.4) is 0 Å². The number of anilines is 1. The number of carbonyl (C=O) groups is 1. The SMILES string of the molecule is Nc1ccccc1/C=C/C(=O)c1ccco1. The zero-order valence-electron chi connectivity index (χ0n) is 8.59. The fourth-order valence-electron chi connectivity index (χ4n) is 1.33. The van der Waals surface area contributed by atoms with Crippen molar-refractivity contribution in [1.29, 1.82) is 0 Å². The fraction of sp³-hybridized carbons (Fsp3) is 0. The Kier molecular flexibility index (Phi) is 2.87. The maximum absolute atomic E-state index is 11.6. The Balaban J connectivity index is 2.16. The van der Waals surface area contributed by atoms with Crippen LogP contribution in [0.25, 0.3) is 6.08 Å². The van der Waals surface area contributed by atoms with Crippen LogP contribution in [0.1, 0.15) is 16.1 Å². The van der Waals surface area contributed by atoms with Crippen LogP contribution in [-0.2, 0) is 0 Å². The molecule has 3 nitrogen and oxygen atoms in total. The van der Waals surface area contributed by atoms with Gasteiger partial charge in [0.05, 0.1) is 6.26 Å². The molecule has 2 N–H and O–H groups in total. The molecule has 0 atom stereocenters. The number of allylic oxidation sites excluding steroid dienone is 1. The summed E-state index contributed by atoms with van der Waals surface area (Å²) in [4.78, 5) is 11.6. The normalized spacial score (nSPS) is 10.8. The van der Waals surface area contributed by atoms with E-state index in [0.717, 1.165) is 5.56 Å². The molecule has 0 aliphatic heterocycles. The van der Waals surface area contributed by atoms with E-state index in [2.05, 4.69) is 0 Å². The van der Waals surface area contributed by atoms with Crippen LogP contribution in [0.2, 0.25) is 0 Å². The molecule has 2 aromatic rings. The van der Waals surface area contributed by atoms with Gasteiger partial charge in [0.2, 0.25) is 5.78 Å². The number of hydrogen-bond donors (Lipinski definition) is 1. The minimum Gasteiger partial charge on any atom is -0.461 e. The molecule has 0 unspecified atom stereocenters. The van der Waals surface area contributed by atoms with Gasteiger partial charge in [0.1, 0.15) is 0 Å². The van der Waals surface area contributed by atoms with Gasteiger partial charge in [-0.1, -0.05) is 18.2 Å². The monoisotopic (exact) mass is 213 g/mol. The standard InChI is InChI=1S/C13H11NO2/c14-11-5-2-1-4-10(11)7-8-12(15)13-6-3-9-16-13/h1-9H,14H2/b8-7+. The minimum absolute atomic E-state index is 0.173. The van der Waals surface area contributed by atoms with E-state index in [9.17, 15) is 4.79 Å². The number of nitrogen functional groups attached to an aromatic ring is 1. The molecule has 1 aromatic heterocycles. The van der Waals surface area contributed by atoms with Crippen molar-refractivity contribution in [2.45, 2.75) is 0 Å². The molecule has 0 aliphatic rings. The first-order valence-corrected chi connectivity index (χ1v) is 4.88. The molecule has 0 spiro atoms. The second kappa shape index (κ2) is 4.49. The summed E-state index contributed by atoms with van der Waals surface area (Å²) in [5.41, 5.74) is 7.21. The molecular formula is C13H11NO2. The molecule has 80 valence electrons. The van der Waals surface area contributed by atoms with Crippen LogP contribution in [0.15, 0.2) is 53.2 Å². The zero-order valence-corrected chi connectivity index (χ0v) is 8.59. The third-order valence-corrected chi connectivity index (χ3v) is 2.17. The lowest BCUT2D eigenvalue weighted by Gasteiger charge is -1.97. The predicted molar refractivity (Wildman–Crippen MR) is 62.9 cm³/mol. The molecule has 0 saturated heterocycles. The quantitative estimate of drug-likeness (QED) is 0.484. The molecule has 3 heteroatoms. The molecule has 0 saturated carbocycles.